The number of hydrogen-bond donors (Lipinski definition) is 1. The van der Waals surface area contributed by atoms with Crippen molar-refractivity contribution in [3.63, 3.8) is 0 Å². The third-order valence-electron chi connectivity index (χ3n) is 2.29. The van der Waals surface area contributed by atoms with Crippen LogP contribution in [-0.4, -0.2) is 4.98 Å². The number of furan rings is 1. The van der Waals surface area contributed by atoms with Gasteiger partial charge in [-0.1, -0.05) is 30.3 Å². The number of hydrogen-bond acceptors (Lipinski definition) is 1. The van der Waals surface area contributed by atoms with Crippen molar-refractivity contribution in [3.8, 4) is 11.3 Å². The summed E-state index contributed by atoms with van der Waals surface area (Å²) in [6.45, 7) is 0. The third-order valence-corrected chi connectivity index (χ3v) is 2.29. The highest BCUT2D eigenvalue weighted by Crippen LogP contribution is 2.26. The van der Waals surface area contributed by atoms with Crippen LogP contribution in [-0.2, 0) is 0 Å². The Bertz CT molecular complexity index is 519. The minimum Gasteiger partial charge on any atom is -0.454 e. The van der Waals surface area contributed by atoms with Gasteiger partial charge in [0, 0.05) is 17.8 Å². The molecule has 1 aromatic carbocycles. The number of nitrogens with one attached hydrogen (secondary N) is 1. The zero-order valence-corrected chi connectivity index (χ0v) is 7.53. The Hall–Kier alpha value is -1.96. The molecule has 2 aromatic heterocycles. The van der Waals surface area contributed by atoms with Gasteiger partial charge in [-0.2, -0.15) is 0 Å². The van der Waals surface area contributed by atoms with Crippen LogP contribution in [0, 0.1) is 0 Å². The normalized spacial score (nSPS) is 10.9. The minimum absolute atomic E-state index is 0.906. The molecule has 0 unspecified atom stereocenters. The molecule has 0 aliphatic rings. The summed E-state index contributed by atoms with van der Waals surface area (Å²) in [5, 5.41) is 0. The zero-order chi connectivity index (χ0) is 9.38. The molecule has 2 heterocycles. The molecule has 0 aliphatic carbocycles. The largest absolute Gasteiger partial charge is 0.454 e. The second-order valence-corrected chi connectivity index (χ2v) is 3.23. The first-order chi connectivity index (χ1) is 6.93. The maximum atomic E-state index is 5.66. The average Bonchev–Trinajstić information content (AvgIpc) is 2.78. The Balaban J connectivity index is 2.19. The topological polar surface area (TPSA) is 28.9 Å². The number of aromatic nitrogens is 1. The van der Waals surface area contributed by atoms with Gasteiger partial charge in [-0.25, -0.2) is 0 Å². The van der Waals surface area contributed by atoms with Crippen LogP contribution in [0.3, 0.4) is 0 Å². The summed E-state index contributed by atoms with van der Waals surface area (Å²) >= 11 is 0. The second-order valence-electron chi connectivity index (χ2n) is 3.23. The van der Waals surface area contributed by atoms with Crippen molar-refractivity contribution in [2.45, 2.75) is 0 Å². The van der Waals surface area contributed by atoms with Gasteiger partial charge in [0.2, 0.25) is 0 Å². The lowest BCUT2D eigenvalue weighted by molar-refractivity contribution is 0.632. The molecule has 3 aromatic rings. The first kappa shape index (κ1) is 7.44. The third kappa shape index (κ3) is 1.04. The van der Waals surface area contributed by atoms with Crippen LogP contribution < -0.4 is 0 Å². The minimum atomic E-state index is 0.906. The predicted octanol–water partition coefficient (Wildman–Crippen LogP) is 3.43. The van der Waals surface area contributed by atoms with E-state index in [-0.39, 0.29) is 0 Å². The van der Waals surface area contributed by atoms with E-state index in [9.17, 15) is 0 Å². The van der Waals surface area contributed by atoms with E-state index in [1.807, 2.05) is 48.7 Å². The first-order valence-electron chi connectivity index (χ1n) is 4.56. The Morgan fingerprint density at radius 3 is 2.64 bits per heavy atom. The van der Waals surface area contributed by atoms with Crippen LogP contribution in [0.15, 0.2) is 53.1 Å². The summed E-state index contributed by atoms with van der Waals surface area (Å²) in [6, 6.07) is 14.0. The summed E-state index contributed by atoms with van der Waals surface area (Å²) in [5.74, 6) is 0.910. The molecule has 0 spiro atoms. The molecule has 3 rings (SSSR count). The smallest absolute Gasteiger partial charge is 0.152 e. The van der Waals surface area contributed by atoms with Gasteiger partial charge >= 0.3 is 0 Å². The van der Waals surface area contributed by atoms with Crippen LogP contribution in [0.2, 0.25) is 0 Å². The van der Waals surface area contributed by atoms with E-state index in [1.165, 1.54) is 0 Å². The van der Waals surface area contributed by atoms with Gasteiger partial charge in [0.05, 0.1) is 5.52 Å². The predicted molar refractivity (Wildman–Crippen MR) is 56.0 cm³/mol. The number of aromatic amines is 1. The van der Waals surface area contributed by atoms with E-state index in [0.29, 0.717) is 0 Å². The molecule has 0 bridgehead atoms. The highest BCUT2D eigenvalue weighted by Gasteiger charge is 2.05. The lowest BCUT2D eigenvalue weighted by atomic mass is 10.2. The molecule has 0 radical (unpaired) electrons. The quantitative estimate of drug-likeness (QED) is 0.615. The maximum Gasteiger partial charge on any atom is 0.152 e. The van der Waals surface area contributed by atoms with E-state index >= 15 is 0 Å². The van der Waals surface area contributed by atoms with E-state index in [2.05, 4.69) is 4.98 Å². The molecule has 2 nitrogen and oxygen atoms in total. The van der Waals surface area contributed by atoms with Gasteiger partial charge in [0.25, 0.3) is 0 Å². The molecule has 0 atom stereocenters. The zero-order valence-electron chi connectivity index (χ0n) is 7.53. The van der Waals surface area contributed by atoms with E-state index in [0.717, 1.165) is 22.4 Å². The maximum absolute atomic E-state index is 5.66. The highest BCUT2D eigenvalue weighted by atomic mass is 16.3. The van der Waals surface area contributed by atoms with Crippen LogP contribution in [0.1, 0.15) is 0 Å². The van der Waals surface area contributed by atoms with Crippen LogP contribution in [0.4, 0.5) is 0 Å². The van der Waals surface area contributed by atoms with Crippen molar-refractivity contribution in [1.29, 1.82) is 0 Å². The van der Waals surface area contributed by atoms with E-state index in [1.54, 1.807) is 0 Å². The Labute approximate surface area is 81.2 Å². The Morgan fingerprint density at radius 2 is 1.86 bits per heavy atom. The Kier molecular flexibility index (Phi) is 1.47. The first-order valence-corrected chi connectivity index (χ1v) is 4.56. The second kappa shape index (κ2) is 2.77. The summed E-state index contributed by atoms with van der Waals surface area (Å²) < 4.78 is 5.66. The van der Waals surface area contributed by atoms with Gasteiger partial charge in [-0.15, -0.1) is 0 Å². The van der Waals surface area contributed by atoms with E-state index in [4.69, 9.17) is 4.42 Å². The molecular weight excluding hydrogens is 174 g/mol. The molecule has 1 N–H and O–H groups in total. The van der Waals surface area contributed by atoms with Crippen molar-refractivity contribution < 1.29 is 4.42 Å². The average molecular weight is 183 g/mol. The molecule has 0 saturated heterocycles. The monoisotopic (exact) mass is 183 g/mol. The lowest BCUT2D eigenvalue weighted by Gasteiger charge is -1.93. The van der Waals surface area contributed by atoms with Gasteiger partial charge < -0.3 is 9.40 Å². The molecular formula is C12H9NO. The van der Waals surface area contributed by atoms with Crippen molar-refractivity contribution in [2.75, 3.05) is 0 Å². The van der Waals surface area contributed by atoms with Gasteiger partial charge in [0.1, 0.15) is 5.76 Å². The van der Waals surface area contributed by atoms with Crippen molar-refractivity contribution in [1.82, 2.24) is 4.98 Å². The van der Waals surface area contributed by atoms with Crippen LogP contribution >= 0.6 is 0 Å². The molecule has 0 amide bonds. The van der Waals surface area contributed by atoms with Gasteiger partial charge in [0.15, 0.2) is 5.58 Å². The fraction of sp³-hybridized carbons (Fsp3) is 0. The standard InChI is InChI=1S/C12H9NO/c1-2-4-9(5-3-1)12-8-10-11(14-12)6-7-13-10/h1-8,13H. The van der Waals surface area contributed by atoms with Crippen LogP contribution in [0.25, 0.3) is 22.4 Å². The molecule has 2 heteroatoms. The van der Waals surface area contributed by atoms with Gasteiger partial charge in [-0.05, 0) is 6.07 Å². The fourth-order valence-corrected chi connectivity index (χ4v) is 1.59. The molecule has 68 valence electrons. The van der Waals surface area contributed by atoms with E-state index < -0.39 is 0 Å². The van der Waals surface area contributed by atoms with Crippen LogP contribution in [0.5, 0.6) is 0 Å². The summed E-state index contributed by atoms with van der Waals surface area (Å²) in [5.41, 5.74) is 3.06. The van der Waals surface area contributed by atoms with Gasteiger partial charge in [-0.3, -0.25) is 0 Å². The summed E-state index contributed by atoms with van der Waals surface area (Å²) in [7, 11) is 0. The Morgan fingerprint density at radius 1 is 1.00 bits per heavy atom. The van der Waals surface area contributed by atoms with Crippen molar-refractivity contribution >= 4 is 11.1 Å². The summed E-state index contributed by atoms with van der Waals surface area (Å²) in [4.78, 5) is 3.12. The molecule has 0 aliphatic heterocycles. The molecule has 0 fully saturated rings. The number of fused-ring (bicyclic) bond motifs is 1. The number of benzene rings is 1. The number of H-pyrrole nitrogens is 1. The fourth-order valence-electron chi connectivity index (χ4n) is 1.59. The highest BCUT2D eigenvalue weighted by molar-refractivity contribution is 5.79. The summed E-state index contributed by atoms with van der Waals surface area (Å²) in [6.07, 6.45) is 1.88. The molecule has 14 heavy (non-hydrogen) atoms. The lowest BCUT2D eigenvalue weighted by Crippen LogP contribution is -1.70. The van der Waals surface area contributed by atoms with Crippen molar-refractivity contribution in [2.24, 2.45) is 0 Å². The van der Waals surface area contributed by atoms with Crippen molar-refractivity contribution in [3.05, 3.63) is 48.7 Å². The number of rotatable bonds is 1. The molecule has 0 saturated carbocycles. The SMILES string of the molecule is c1ccc(-c2cc3[nH]ccc3o2)cc1.